The molecule has 0 aromatic heterocycles. The highest BCUT2D eigenvalue weighted by molar-refractivity contribution is 4.98. The SMILES string of the molecule is CCC1OC(C)C(C)(COC)C(O)C1O. The van der Waals surface area contributed by atoms with Gasteiger partial charge in [-0.1, -0.05) is 13.8 Å². The highest BCUT2D eigenvalue weighted by atomic mass is 16.5. The summed E-state index contributed by atoms with van der Waals surface area (Å²) in [4.78, 5) is 0. The first kappa shape index (κ1) is 12.9. The molecule has 0 radical (unpaired) electrons. The number of methoxy groups -OCH3 is 1. The van der Waals surface area contributed by atoms with Crippen LogP contribution in [0.2, 0.25) is 0 Å². The number of aliphatic hydroxyl groups is 2. The fourth-order valence-corrected chi connectivity index (χ4v) is 2.18. The van der Waals surface area contributed by atoms with Crippen molar-refractivity contribution >= 4 is 0 Å². The van der Waals surface area contributed by atoms with Crippen LogP contribution in [0.1, 0.15) is 27.2 Å². The van der Waals surface area contributed by atoms with Crippen LogP contribution in [0.4, 0.5) is 0 Å². The first-order valence-electron chi connectivity index (χ1n) is 5.48. The minimum atomic E-state index is -0.827. The number of ether oxygens (including phenoxy) is 2. The average molecular weight is 218 g/mol. The van der Waals surface area contributed by atoms with Gasteiger partial charge in [0.05, 0.1) is 24.9 Å². The molecule has 0 aromatic carbocycles. The van der Waals surface area contributed by atoms with Crippen molar-refractivity contribution in [2.24, 2.45) is 5.41 Å². The van der Waals surface area contributed by atoms with Crippen LogP contribution in [0.3, 0.4) is 0 Å². The third-order valence-corrected chi connectivity index (χ3v) is 3.55. The number of aliphatic hydroxyl groups excluding tert-OH is 2. The zero-order valence-corrected chi connectivity index (χ0v) is 9.93. The van der Waals surface area contributed by atoms with Crippen molar-refractivity contribution in [2.45, 2.75) is 51.6 Å². The van der Waals surface area contributed by atoms with Crippen molar-refractivity contribution < 1.29 is 19.7 Å². The monoisotopic (exact) mass is 218 g/mol. The van der Waals surface area contributed by atoms with Gasteiger partial charge in [-0.05, 0) is 13.3 Å². The summed E-state index contributed by atoms with van der Waals surface area (Å²) in [6.45, 7) is 6.10. The molecule has 5 unspecified atom stereocenters. The maximum atomic E-state index is 10.1. The minimum Gasteiger partial charge on any atom is -0.390 e. The standard InChI is InChI=1S/C11H22O4/c1-5-8-9(12)10(13)11(3,6-14-4)7(2)15-8/h7-10,12-13H,5-6H2,1-4H3. The Morgan fingerprint density at radius 2 is 2.00 bits per heavy atom. The average Bonchev–Trinajstić information content (AvgIpc) is 2.21. The first-order chi connectivity index (χ1) is 6.97. The molecular weight excluding hydrogens is 196 g/mol. The van der Waals surface area contributed by atoms with Gasteiger partial charge in [-0.3, -0.25) is 0 Å². The van der Waals surface area contributed by atoms with Crippen LogP contribution in [0.25, 0.3) is 0 Å². The van der Waals surface area contributed by atoms with Crippen LogP contribution in [0.5, 0.6) is 0 Å². The topological polar surface area (TPSA) is 58.9 Å². The number of rotatable bonds is 3. The van der Waals surface area contributed by atoms with Crippen molar-refractivity contribution in [3.63, 3.8) is 0 Å². The Morgan fingerprint density at radius 3 is 2.47 bits per heavy atom. The van der Waals surface area contributed by atoms with Gasteiger partial charge in [0, 0.05) is 12.5 Å². The predicted molar refractivity (Wildman–Crippen MR) is 56.6 cm³/mol. The quantitative estimate of drug-likeness (QED) is 0.726. The fourth-order valence-electron chi connectivity index (χ4n) is 2.18. The maximum absolute atomic E-state index is 10.1. The van der Waals surface area contributed by atoms with E-state index in [1.165, 1.54) is 0 Å². The number of hydrogen-bond acceptors (Lipinski definition) is 4. The van der Waals surface area contributed by atoms with Crippen molar-refractivity contribution in [1.29, 1.82) is 0 Å². The van der Waals surface area contributed by atoms with Gasteiger partial charge in [0.25, 0.3) is 0 Å². The van der Waals surface area contributed by atoms with Crippen molar-refractivity contribution in [1.82, 2.24) is 0 Å². The molecule has 1 rings (SSSR count). The first-order valence-corrected chi connectivity index (χ1v) is 5.48. The maximum Gasteiger partial charge on any atom is 0.107 e. The van der Waals surface area contributed by atoms with E-state index in [4.69, 9.17) is 9.47 Å². The van der Waals surface area contributed by atoms with Crippen LogP contribution >= 0.6 is 0 Å². The Bertz CT molecular complexity index is 209. The van der Waals surface area contributed by atoms with Crippen LogP contribution in [0.15, 0.2) is 0 Å². The molecule has 4 nitrogen and oxygen atoms in total. The van der Waals surface area contributed by atoms with Gasteiger partial charge in [0.2, 0.25) is 0 Å². The molecule has 0 amide bonds. The molecule has 1 saturated heterocycles. The van der Waals surface area contributed by atoms with Crippen LogP contribution in [-0.2, 0) is 9.47 Å². The number of hydrogen-bond donors (Lipinski definition) is 2. The summed E-state index contributed by atoms with van der Waals surface area (Å²) < 4.78 is 10.8. The molecule has 1 aliphatic heterocycles. The second-order valence-electron chi connectivity index (χ2n) is 4.60. The Balaban J connectivity index is 2.83. The predicted octanol–water partition coefficient (Wildman–Crippen LogP) is 0.558. The van der Waals surface area contributed by atoms with Gasteiger partial charge in [0.15, 0.2) is 0 Å². The van der Waals surface area contributed by atoms with Gasteiger partial charge in [-0.15, -0.1) is 0 Å². The zero-order valence-electron chi connectivity index (χ0n) is 9.93. The summed E-state index contributed by atoms with van der Waals surface area (Å²) in [5.41, 5.74) is -0.542. The zero-order chi connectivity index (χ0) is 11.6. The molecule has 0 saturated carbocycles. The van der Waals surface area contributed by atoms with E-state index in [2.05, 4.69) is 0 Å². The smallest absolute Gasteiger partial charge is 0.107 e. The highest BCUT2D eigenvalue weighted by Crippen LogP contribution is 2.37. The van der Waals surface area contributed by atoms with Crippen molar-refractivity contribution in [3.05, 3.63) is 0 Å². The summed E-state index contributed by atoms with van der Waals surface area (Å²) in [6, 6.07) is 0. The van der Waals surface area contributed by atoms with Gasteiger partial charge >= 0.3 is 0 Å². The van der Waals surface area contributed by atoms with Gasteiger partial charge in [-0.2, -0.15) is 0 Å². The molecule has 1 aliphatic rings. The lowest BCUT2D eigenvalue weighted by Gasteiger charge is -2.48. The third-order valence-electron chi connectivity index (χ3n) is 3.55. The lowest BCUT2D eigenvalue weighted by Crippen LogP contribution is -2.60. The summed E-state index contributed by atoms with van der Waals surface area (Å²) in [7, 11) is 1.59. The van der Waals surface area contributed by atoms with Gasteiger partial charge < -0.3 is 19.7 Å². The second-order valence-corrected chi connectivity index (χ2v) is 4.60. The van der Waals surface area contributed by atoms with E-state index in [1.807, 2.05) is 20.8 Å². The van der Waals surface area contributed by atoms with Crippen LogP contribution in [-0.4, -0.2) is 48.3 Å². The van der Waals surface area contributed by atoms with Crippen molar-refractivity contribution in [2.75, 3.05) is 13.7 Å². The van der Waals surface area contributed by atoms with Crippen molar-refractivity contribution in [3.8, 4) is 0 Å². The van der Waals surface area contributed by atoms with E-state index in [-0.39, 0.29) is 12.2 Å². The van der Waals surface area contributed by atoms with E-state index in [1.54, 1.807) is 7.11 Å². The van der Waals surface area contributed by atoms with E-state index in [0.29, 0.717) is 13.0 Å². The molecule has 4 heteroatoms. The van der Waals surface area contributed by atoms with E-state index in [9.17, 15) is 10.2 Å². The molecule has 15 heavy (non-hydrogen) atoms. The Kier molecular flexibility index (Phi) is 4.12. The normalized spacial score (nSPS) is 46.8. The minimum absolute atomic E-state index is 0.124. The molecule has 0 aromatic rings. The Labute approximate surface area is 91.2 Å². The molecule has 5 atom stereocenters. The summed E-state index contributed by atoms with van der Waals surface area (Å²) in [6.07, 6.45) is -1.33. The fraction of sp³-hybridized carbons (Fsp3) is 1.00. The van der Waals surface area contributed by atoms with Crippen LogP contribution < -0.4 is 0 Å². The van der Waals surface area contributed by atoms with E-state index < -0.39 is 17.6 Å². The summed E-state index contributed by atoms with van der Waals surface area (Å²) in [5.74, 6) is 0. The summed E-state index contributed by atoms with van der Waals surface area (Å²) in [5, 5.41) is 20.0. The molecule has 0 aliphatic carbocycles. The highest BCUT2D eigenvalue weighted by Gasteiger charge is 2.50. The van der Waals surface area contributed by atoms with Crippen LogP contribution in [0, 0.1) is 5.41 Å². The van der Waals surface area contributed by atoms with Gasteiger partial charge in [0.1, 0.15) is 6.10 Å². The third kappa shape index (κ3) is 2.18. The Hall–Kier alpha value is -0.160. The largest absolute Gasteiger partial charge is 0.390 e. The van der Waals surface area contributed by atoms with E-state index >= 15 is 0 Å². The molecular formula is C11H22O4. The molecule has 0 bridgehead atoms. The van der Waals surface area contributed by atoms with Gasteiger partial charge in [-0.25, -0.2) is 0 Å². The second kappa shape index (κ2) is 4.78. The summed E-state index contributed by atoms with van der Waals surface area (Å²) >= 11 is 0. The lowest BCUT2D eigenvalue weighted by molar-refractivity contribution is -0.241. The lowest BCUT2D eigenvalue weighted by atomic mass is 9.74. The molecule has 1 fully saturated rings. The molecule has 2 N–H and O–H groups in total. The molecule has 0 spiro atoms. The Morgan fingerprint density at radius 1 is 1.40 bits per heavy atom. The molecule has 1 heterocycles. The molecule has 90 valence electrons. The van der Waals surface area contributed by atoms with E-state index in [0.717, 1.165) is 0 Å².